The van der Waals surface area contributed by atoms with E-state index in [2.05, 4.69) is 53.8 Å². The molecule has 3 atom stereocenters. The van der Waals surface area contributed by atoms with Crippen LogP contribution in [0, 0.1) is 31.6 Å². The van der Waals surface area contributed by atoms with Gasteiger partial charge >= 0.3 is 0 Å². The first-order valence-corrected chi connectivity index (χ1v) is 10.1. The zero-order valence-electron chi connectivity index (χ0n) is 16.9. The summed E-state index contributed by atoms with van der Waals surface area (Å²) in [6.07, 6.45) is 5.66. The number of hydrogen-bond acceptors (Lipinski definition) is 2. The van der Waals surface area contributed by atoms with Crippen LogP contribution in [0.3, 0.4) is 0 Å². The minimum absolute atomic E-state index is 0. The second-order valence-electron chi connectivity index (χ2n) is 8.12. The average molecular weight is 473 g/mol. The van der Waals surface area contributed by atoms with Gasteiger partial charge in [0.25, 0.3) is 0 Å². The fourth-order valence-electron chi connectivity index (χ4n) is 4.46. The average Bonchev–Trinajstić information content (AvgIpc) is 3.14. The van der Waals surface area contributed by atoms with Crippen LogP contribution >= 0.6 is 24.0 Å². The summed E-state index contributed by atoms with van der Waals surface area (Å²) in [5.41, 5.74) is 2.34. The van der Waals surface area contributed by atoms with E-state index in [1.165, 1.54) is 44.5 Å². The molecule has 1 aliphatic heterocycles. The molecule has 1 aliphatic carbocycles. The van der Waals surface area contributed by atoms with Crippen molar-refractivity contribution in [2.24, 2.45) is 22.7 Å². The van der Waals surface area contributed by atoms with Gasteiger partial charge in [0.15, 0.2) is 5.96 Å². The van der Waals surface area contributed by atoms with Crippen LogP contribution in [0.25, 0.3) is 0 Å². The molecule has 2 aliphatic rings. The van der Waals surface area contributed by atoms with Crippen molar-refractivity contribution < 1.29 is 0 Å². The fourth-order valence-corrected chi connectivity index (χ4v) is 4.46. The maximum atomic E-state index is 4.98. The molecule has 0 spiro atoms. The molecule has 148 valence electrons. The summed E-state index contributed by atoms with van der Waals surface area (Å²) in [5.74, 6) is 3.39. The fraction of sp³-hybridized carbons (Fsp3) is 0.800. The van der Waals surface area contributed by atoms with Gasteiger partial charge in [-0.1, -0.05) is 19.8 Å². The third-order valence-corrected chi connectivity index (χ3v) is 5.75. The molecule has 2 heterocycles. The van der Waals surface area contributed by atoms with Crippen molar-refractivity contribution in [1.29, 1.82) is 0 Å². The van der Waals surface area contributed by atoms with Crippen LogP contribution < -0.4 is 5.32 Å². The zero-order chi connectivity index (χ0) is 17.8. The second-order valence-corrected chi connectivity index (χ2v) is 8.12. The molecule has 6 heteroatoms. The molecule has 1 saturated heterocycles. The molecular formula is C20H36IN5. The highest BCUT2D eigenvalue weighted by Gasteiger charge is 2.35. The number of aryl methyl sites for hydroxylation is 2. The molecule has 0 aromatic carbocycles. The highest BCUT2D eigenvalue weighted by atomic mass is 127. The van der Waals surface area contributed by atoms with Gasteiger partial charge in [-0.25, -0.2) is 0 Å². The summed E-state index contributed by atoms with van der Waals surface area (Å²) in [5, 5.41) is 8.10. The van der Waals surface area contributed by atoms with E-state index in [1.54, 1.807) is 0 Å². The number of halogens is 1. The SMILES string of the molecule is CCNC(=NCC(C)Cn1nc(C)cc1C)N1CC2CCCCC2C1.I. The first-order chi connectivity index (χ1) is 12.1. The Morgan fingerprint density at radius 1 is 1.27 bits per heavy atom. The third-order valence-electron chi connectivity index (χ3n) is 5.75. The van der Waals surface area contributed by atoms with E-state index in [-0.39, 0.29) is 24.0 Å². The van der Waals surface area contributed by atoms with E-state index in [1.807, 2.05) is 0 Å². The molecule has 0 amide bonds. The minimum Gasteiger partial charge on any atom is -0.357 e. The van der Waals surface area contributed by atoms with Gasteiger partial charge in [-0.3, -0.25) is 9.67 Å². The van der Waals surface area contributed by atoms with Gasteiger partial charge in [0.1, 0.15) is 0 Å². The number of aromatic nitrogens is 2. The van der Waals surface area contributed by atoms with E-state index >= 15 is 0 Å². The number of rotatable bonds is 5. The Balaban J connectivity index is 0.00000243. The number of nitrogens with zero attached hydrogens (tertiary/aromatic N) is 4. The van der Waals surface area contributed by atoms with Crippen molar-refractivity contribution in [3.63, 3.8) is 0 Å². The zero-order valence-corrected chi connectivity index (χ0v) is 19.2. The normalized spacial score (nSPS) is 24.2. The molecule has 26 heavy (non-hydrogen) atoms. The first-order valence-electron chi connectivity index (χ1n) is 10.1. The van der Waals surface area contributed by atoms with E-state index in [9.17, 15) is 0 Å². The maximum absolute atomic E-state index is 4.98. The molecule has 2 fully saturated rings. The Morgan fingerprint density at radius 3 is 2.46 bits per heavy atom. The standard InChI is InChI=1S/C20H35N5.HI/c1-5-21-20(24-13-18-8-6-7-9-19(18)14-24)22-11-15(2)12-25-17(4)10-16(3)23-25;/h10,15,18-19H,5-9,11-14H2,1-4H3,(H,21,22);1H. The van der Waals surface area contributed by atoms with E-state index < -0.39 is 0 Å². The van der Waals surface area contributed by atoms with E-state index in [0.29, 0.717) is 5.92 Å². The van der Waals surface area contributed by atoms with Crippen LogP contribution in [-0.4, -0.2) is 46.8 Å². The number of guanidine groups is 1. The van der Waals surface area contributed by atoms with Crippen molar-refractivity contribution >= 4 is 29.9 Å². The lowest BCUT2D eigenvalue weighted by molar-refractivity contribution is 0.299. The molecule has 1 saturated carbocycles. The van der Waals surface area contributed by atoms with Crippen molar-refractivity contribution in [3.05, 3.63) is 17.5 Å². The predicted molar refractivity (Wildman–Crippen MR) is 119 cm³/mol. The molecule has 5 nitrogen and oxygen atoms in total. The Kier molecular flexibility index (Phi) is 8.23. The topological polar surface area (TPSA) is 45.5 Å². The largest absolute Gasteiger partial charge is 0.357 e. The Labute approximate surface area is 176 Å². The highest BCUT2D eigenvalue weighted by molar-refractivity contribution is 14.0. The van der Waals surface area contributed by atoms with Crippen LogP contribution in [-0.2, 0) is 6.54 Å². The molecule has 1 N–H and O–H groups in total. The first kappa shape index (κ1) is 21.5. The van der Waals surface area contributed by atoms with Crippen LogP contribution in [0.5, 0.6) is 0 Å². The number of likely N-dealkylation sites (tertiary alicyclic amines) is 1. The van der Waals surface area contributed by atoms with Gasteiger partial charge < -0.3 is 10.2 Å². The molecule has 3 unspecified atom stereocenters. The Hall–Kier alpha value is -0.790. The maximum Gasteiger partial charge on any atom is 0.193 e. The lowest BCUT2D eigenvalue weighted by Gasteiger charge is -2.22. The lowest BCUT2D eigenvalue weighted by Crippen LogP contribution is -2.40. The summed E-state index contributed by atoms with van der Waals surface area (Å²) in [7, 11) is 0. The smallest absolute Gasteiger partial charge is 0.193 e. The van der Waals surface area contributed by atoms with Crippen molar-refractivity contribution in [3.8, 4) is 0 Å². The van der Waals surface area contributed by atoms with Crippen LogP contribution in [0.2, 0.25) is 0 Å². The molecule has 3 rings (SSSR count). The van der Waals surface area contributed by atoms with Gasteiger partial charge in [0.05, 0.1) is 5.69 Å². The van der Waals surface area contributed by atoms with Crippen LogP contribution in [0.4, 0.5) is 0 Å². The molecule has 0 bridgehead atoms. The van der Waals surface area contributed by atoms with Crippen LogP contribution in [0.1, 0.15) is 50.9 Å². The van der Waals surface area contributed by atoms with Gasteiger partial charge in [-0.05, 0) is 57.4 Å². The molecule has 1 aromatic rings. The molecular weight excluding hydrogens is 437 g/mol. The molecule has 0 radical (unpaired) electrons. The number of nitrogens with one attached hydrogen (secondary N) is 1. The minimum atomic E-state index is 0. The molecule has 1 aromatic heterocycles. The van der Waals surface area contributed by atoms with Crippen molar-refractivity contribution in [2.75, 3.05) is 26.2 Å². The summed E-state index contributed by atoms with van der Waals surface area (Å²) in [6.45, 7) is 13.8. The summed E-state index contributed by atoms with van der Waals surface area (Å²) >= 11 is 0. The predicted octanol–water partition coefficient (Wildman–Crippen LogP) is 3.84. The summed E-state index contributed by atoms with van der Waals surface area (Å²) in [4.78, 5) is 7.49. The highest BCUT2D eigenvalue weighted by Crippen LogP contribution is 2.35. The van der Waals surface area contributed by atoms with Gasteiger partial charge in [0, 0.05) is 38.4 Å². The summed E-state index contributed by atoms with van der Waals surface area (Å²) in [6, 6.07) is 2.14. The van der Waals surface area contributed by atoms with E-state index in [0.717, 1.165) is 43.1 Å². The quantitative estimate of drug-likeness (QED) is 0.402. The number of aliphatic imine (C=N–C) groups is 1. The lowest BCUT2D eigenvalue weighted by atomic mass is 9.82. The van der Waals surface area contributed by atoms with E-state index in [4.69, 9.17) is 4.99 Å². The second kappa shape index (κ2) is 9.95. The monoisotopic (exact) mass is 473 g/mol. The van der Waals surface area contributed by atoms with Crippen molar-refractivity contribution in [1.82, 2.24) is 20.0 Å². The third kappa shape index (κ3) is 5.36. The van der Waals surface area contributed by atoms with Gasteiger partial charge in [-0.2, -0.15) is 5.10 Å². The Morgan fingerprint density at radius 2 is 1.92 bits per heavy atom. The Bertz CT molecular complexity index is 583. The van der Waals surface area contributed by atoms with Crippen LogP contribution in [0.15, 0.2) is 11.1 Å². The number of fused-ring (bicyclic) bond motifs is 1. The van der Waals surface area contributed by atoms with Crippen molar-refractivity contribution in [2.45, 2.75) is 59.9 Å². The van der Waals surface area contributed by atoms with Gasteiger partial charge in [-0.15, -0.1) is 24.0 Å². The van der Waals surface area contributed by atoms with Gasteiger partial charge in [0.2, 0.25) is 0 Å². The number of hydrogen-bond donors (Lipinski definition) is 1. The summed E-state index contributed by atoms with van der Waals surface area (Å²) < 4.78 is 2.12.